The van der Waals surface area contributed by atoms with Gasteiger partial charge in [0.15, 0.2) is 18.2 Å². The van der Waals surface area contributed by atoms with Crippen molar-refractivity contribution in [3.8, 4) is 5.75 Å². The van der Waals surface area contributed by atoms with E-state index in [0.717, 1.165) is 5.75 Å². The first-order chi connectivity index (χ1) is 17.3. The Morgan fingerprint density at radius 3 is 2.62 bits per heavy atom. The molecule has 1 aliphatic carbocycles. The van der Waals surface area contributed by atoms with Gasteiger partial charge in [-0.25, -0.2) is 24.6 Å². The van der Waals surface area contributed by atoms with Gasteiger partial charge in [0.25, 0.3) is 5.91 Å². The van der Waals surface area contributed by atoms with Crippen LogP contribution >= 0.6 is 10.0 Å². The fraction of sp³-hybridized carbons (Fsp3) is 0.680. The van der Waals surface area contributed by atoms with Crippen molar-refractivity contribution in [2.75, 3.05) is 60.8 Å². The summed E-state index contributed by atoms with van der Waals surface area (Å²) in [6, 6.07) is 3.39. The van der Waals surface area contributed by atoms with Crippen LogP contribution in [-0.4, -0.2) is 91.8 Å². The standard InChI is InChI=1S/C25H38N4O7S/c1-25(2,3)36-23(31)26-17-11-16(12-17)19-13-28(24(32)35-19)20-8-7-18-22(27-20)29(21(30)14-34-18)15-33-9-10-37(4,5)6/h7-8,16-17,19H,9-15H2,1-6H3,(H,26,31)/t16-,17-,19?. The highest BCUT2D eigenvalue weighted by molar-refractivity contribution is 8.32. The van der Waals surface area contributed by atoms with E-state index in [1.165, 1.54) is 9.80 Å². The zero-order chi connectivity index (χ0) is 27.0. The molecule has 0 aromatic carbocycles. The normalized spacial score (nSPS) is 24.1. The summed E-state index contributed by atoms with van der Waals surface area (Å²) in [4.78, 5) is 44.8. The molecule has 2 fully saturated rings. The van der Waals surface area contributed by atoms with Gasteiger partial charge < -0.3 is 24.3 Å². The molecule has 1 aromatic heterocycles. The fourth-order valence-electron chi connectivity index (χ4n) is 4.29. The lowest BCUT2D eigenvalue weighted by molar-refractivity contribution is -0.122. The van der Waals surface area contributed by atoms with Crippen LogP contribution < -0.4 is 19.9 Å². The number of nitrogens with zero attached hydrogens (tertiary/aromatic N) is 3. The lowest BCUT2D eigenvalue weighted by Gasteiger charge is -2.38. The van der Waals surface area contributed by atoms with Gasteiger partial charge in [0.05, 0.1) is 13.2 Å². The van der Waals surface area contributed by atoms with Gasteiger partial charge in [-0.05, 0) is 64.5 Å². The molecule has 2 aliphatic heterocycles. The van der Waals surface area contributed by atoms with Crippen molar-refractivity contribution in [3.63, 3.8) is 0 Å². The van der Waals surface area contributed by atoms with Gasteiger partial charge >= 0.3 is 12.2 Å². The highest BCUT2D eigenvalue weighted by Crippen LogP contribution is 2.38. The molecule has 0 spiro atoms. The number of aromatic nitrogens is 1. The van der Waals surface area contributed by atoms with E-state index in [1.54, 1.807) is 12.1 Å². The van der Waals surface area contributed by atoms with Crippen LogP contribution in [0, 0.1) is 5.92 Å². The van der Waals surface area contributed by atoms with Gasteiger partial charge in [0.2, 0.25) is 0 Å². The number of rotatable bonds is 8. The molecule has 11 nitrogen and oxygen atoms in total. The summed E-state index contributed by atoms with van der Waals surface area (Å²) in [5.74, 6) is 2.00. The van der Waals surface area contributed by atoms with Crippen molar-refractivity contribution in [3.05, 3.63) is 12.1 Å². The minimum Gasteiger partial charge on any atom is -0.480 e. The number of alkyl carbamates (subject to hydrolysis) is 1. The van der Waals surface area contributed by atoms with Crippen LogP contribution in [0.5, 0.6) is 5.75 Å². The van der Waals surface area contributed by atoms with Crippen molar-refractivity contribution in [1.82, 2.24) is 10.3 Å². The Bertz CT molecular complexity index is 1030. The summed E-state index contributed by atoms with van der Waals surface area (Å²) < 4.78 is 22.3. The molecule has 12 heteroatoms. The number of anilines is 2. The molecule has 3 amide bonds. The van der Waals surface area contributed by atoms with Crippen molar-refractivity contribution < 1.29 is 33.3 Å². The van der Waals surface area contributed by atoms with Crippen LogP contribution in [-0.2, 0) is 19.0 Å². The van der Waals surface area contributed by atoms with Crippen LogP contribution in [0.1, 0.15) is 33.6 Å². The van der Waals surface area contributed by atoms with E-state index in [-0.39, 0.29) is 37.3 Å². The lowest BCUT2D eigenvalue weighted by Crippen LogP contribution is -2.49. The van der Waals surface area contributed by atoms with Gasteiger partial charge in [-0.2, -0.15) is 0 Å². The molecule has 0 radical (unpaired) electrons. The Kier molecular flexibility index (Phi) is 7.80. The number of cyclic esters (lactones) is 1. The van der Waals surface area contributed by atoms with E-state index in [9.17, 15) is 14.4 Å². The summed E-state index contributed by atoms with van der Waals surface area (Å²) in [6.07, 6.45) is 6.80. The number of carbonyl (C=O) groups is 3. The second kappa shape index (κ2) is 10.6. The van der Waals surface area contributed by atoms with Gasteiger partial charge in [0, 0.05) is 17.7 Å². The highest BCUT2D eigenvalue weighted by atomic mass is 32.3. The van der Waals surface area contributed by atoms with Crippen LogP contribution in [0.4, 0.5) is 21.2 Å². The first kappa shape index (κ1) is 27.3. The zero-order valence-corrected chi connectivity index (χ0v) is 23.3. The Hall–Kier alpha value is -2.73. The Balaban J connectivity index is 1.35. The number of pyridine rings is 1. The smallest absolute Gasteiger partial charge is 0.415 e. The summed E-state index contributed by atoms with van der Waals surface area (Å²) in [6.45, 7) is 6.33. The third-order valence-electron chi connectivity index (χ3n) is 6.33. The van der Waals surface area contributed by atoms with Gasteiger partial charge in [-0.15, -0.1) is 0 Å². The molecule has 3 aliphatic rings. The first-order valence-electron chi connectivity index (χ1n) is 12.4. The second-order valence-corrected chi connectivity index (χ2v) is 16.1. The largest absolute Gasteiger partial charge is 0.480 e. The molecule has 206 valence electrons. The molecule has 4 rings (SSSR count). The van der Waals surface area contributed by atoms with Crippen LogP contribution in [0.15, 0.2) is 12.1 Å². The number of fused-ring (bicyclic) bond motifs is 1. The third kappa shape index (κ3) is 6.98. The van der Waals surface area contributed by atoms with Crippen LogP contribution in [0.25, 0.3) is 0 Å². The Morgan fingerprint density at radius 1 is 1.22 bits per heavy atom. The summed E-state index contributed by atoms with van der Waals surface area (Å²) in [5, 5.41) is 2.86. The Labute approximate surface area is 219 Å². The molecular weight excluding hydrogens is 500 g/mol. The summed E-state index contributed by atoms with van der Waals surface area (Å²) in [5.41, 5.74) is -0.554. The molecule has 1 saturated heterocycles. The van der Waals surface area contributed by atoms with Crippen molar-refractivity contribution in [2.45, 2.75) is 51.4 Å². The predicted molar refractivity (Wildman–Crippen MR) is 142 cm³/mol. The maximum Gasteiger partial charge on any atom is 0.415 e. The highest BCUT2D eigenvalue weighted by Gasteiger charge is 2.44. The minimum absolute atomic E-state index is 0.00826. The van der Waals surface area contributed by atoms with Crippen molar-refractivity contribution in [2.24, 2.45) is 5.92 Å². The SMILES string of the molecule is CC(C)(C)OC(=O)N[C@H]1C[C@H](C2CN(c3ccc4c(n3)N(COCCS(C)(C)C)C(=O)CO4)C(=O)O2)C1. The van der Waals surface area contributed by atoms with E-state index in [2.05, 4.69) is 29.1 Å². The maximum absolute atomic E-state index is 12.7. The molecular formula is C25H38N4O7S. The molecule has 1 saturated carbocycles. The number of ether oxygens (including phenoxy) is 4. The molecule has 1 atom stereocenters. The van der Waals surface area contributed by atoms with Crippen molar-refractivity contribution in [1.29, 1.82) is 0 Å². The number of carbonyl (C=O) groups excluding carboxylic acids is 3. The van der Waals surface area contributed by atoms with Crippen LogP contribution in [0.2, 0.25) is 0 Å². The molecule has 1 unspecified atom stereocenters. The van der Waals surface area contributed by atoms with Crippen molar-refractivity contribution >= 4 is 39.8 Å². The van der Waals surface area contributed by atoms with Gasteiger partial charge in [-0.1, -0.05) is 0 Å². The second-order valence-electron chi connectivity index (χ2n) is 11.5. The monoisotopic (exact) mass is 538 g/mol. The number of amides is 3. The maximum atomic E-state index is 12.7. The van der Waals surface area contributed by atoms with E-state index in [0.29, 0.717) is 43.4 Å². The third-order valence-corrected chi connectivity index (χ3v) is 7.72. The van der Waals surface area contributed by atoms with Gasteiger partial charge in [0.1, 0.15) is 24.3 Å². The lowest BCUT2D eigenvalue weighted by atomic mass is 9.76. The quantitative estimate of drug-likeness (QED) is 0.502. The minimum atomic E-state index is -0.706. The molecule has 0 bridgehead atoms. The number of nitrogens with one attached hydrogen (secondary N) is 1. The van der Waals surface area contributed by atoms with Gasteiger partial charge in [-0.3, -0.25) is 14.6 Å². The average Bonchev–Trinajstić information content (AvgIpc) is 3.13. The molecule has 1 aromatic rings. The Morgan fingerprint density at radius 2 is 1.95 bits per heavy atom. The molecule has 37 heavy (non-hydrogen) atoms. The molecule has 1 N–H and O–H groups in total. The van der Waals surface area contributed by atoms with E-state index in [4.69, 9.17) is 18.9 Å². The van der Waals surface area contributed by atoms with E-state index < -0.39 is 27.8 Å². The average molecular weight is 539 g/mol. The zero-order valence-electron chi connectivity index (χ0n) is 22.4. The molecule has 3 heterocycles. The van der Waals surface area contributed by atoms with E-state index in [1.807, 2.05) is 20.8 Å². The first-order valence-corrected chi connectivity index (χ1v) is 15.5. The summed E-state index contributed by atoms with van der Waals surface area (Å²) >= 11 is 0. The number of hydrogen-bond acceptors (Lipinski definition) is 8. The fourth-order valence-corrected chi connectivity index (χ4v) is 4.91. The predicted octanol–water partition coefficient (Wildman–Crippen LogP) is 3.10. The van der Waals surface area contributed by atoms with E-state index >= 15 is 0 Å². The number of hydrogen-bond donors (Lipinski definition) is 1. The topological polar surface area (TPSA) is 120 Å². The van der Waals surface area contributed by atoms with Crippen LogP contribution in [0.3, 0.4) is 0 Å². The summed E-state index contributed by atoms with van der Waals surface area (Å²) in [7, 11) is -0.706.